The van der Waals surface area contributed by atoms with Gasteiger partial charge >= 0.3 is 0 Å². The van der Waals surface area contributed by atoms with Crippen LogP contribution in [0.3, 0.4) is 0 Å². The number of hydrogen-bond donors (Lipinski definition) is 1. The molecule has 1 unspecified atom stereocenters. The van der Waals surface area contributed by atoms with Gasteiger partial charge in [-0.15, -0.1) is 12.6 Å². The van der Waals surface area contributed by atoms with Gasteiger partial charge in [0.1, 0.15) is 6.04 Å². The highest BCUT2D eigenvalue weighted by molar-refractivity contribution is 7.96. The molecule has 1 aliphatic heterocycles. The van der Waals surface area contributed by atoms with Crippen LogP contribution in [0.1, 0.15) is 40.0 Å². The van der Waals surface area contributed by atoms with Crippen molar-refractivity contribution >= 4 is 29.4 Å². The Morgan fingerprint density at radius 3 is 2.41 bits per heavy atom. The monoisotopic (exact) mass is 257 g/mol. The van der Waals surface area contributed by atoms with E-state index in [9.17, 15) is 14.4 Å². The number of Topliss-reactive ketones (excluding diaryl/α,β-unsaturated/α-hetero) is 1. The minimum atomic E-state index is -0.663. The van der Waals surface area contributed by atoms with E-state index >= 15 is 0 Å². The highest BCUT2D eigenvalue weighted by atomic mass is 32.1. The number of ketones is 1. The van der Waals surface area contributed by atoms with Gasteiger partial charge in [-0.05, 0) is 19.3 Å². The zero-order valence-corrected chi connectivity index (χ0v) is 11.4. The van der Waals surface area contributed by atoms with E-state index in [0.29, 0.717) is 19.4 Å². The number of nitrogens with zero attached hydrogens (tertiary/aromatic N) is 1. The van der Waals surface area contributed by atoms with Gasteiger partial charge in [0.2, 0.25) is 10.9 Å². The van der Waals surface area contributed by atoms with E-state index in [1.165, 1.54) is 4.90 Å². The van der Waals surface area contributed by atoms with Crippen molar-refractivity contribution in [3.8, 4) is 0 Å². The number of rotatable bonds is 4. The molecule has 0 aromatic rings. The highest BCUT2D eigenvalue weighted by Gasteiger charge is 2.40. The molecule has 1 saturated heterocycles. The summed E-state index contributed by atoms with van der Waals surface area (Å²) < 4.78 is 0. The van der Waals surface area contributed by atoms with E-state index in [0.717, 1.165) is 6.42 Å². The smallest absolute Gasteiger partial charge is 0.291 e. The van der Waals surface area contributed by atoms with Gasteiger partial charge in [0.05, 0.1) is 0 Å². The fourth-order valence-electron chi connectivity index (χ4n) is 1.85. The van der Waals surface area contributed by atoms with E-state index in [1.54, 1.807) is 13.8 Å². The molecule has 5 heteroatoms. The molecule has 17 heavy (non-hydrogen) atoms. The molecular formula is C12H19NO3S. The minimum Gasteiger partial charge on any atom is -0.325 e. The van der Waals surface area contributed by atoms with Crippen molar-refractivity contribution < 1.29 is 14.4 Å². The number of thiol groups is 1. The maximum Gasteiger partial charge on any atom is 0.291 e. The van der Waals surface area contributed by atoms with Crippen molar-refractivity contribution in [2.45, 2.75) is 46.1 Å². The fourth-order valence-corrected chi connectivity index (χ4v) is 2.12. The summed E-state index contributed by atoms with van der Waals surface area (Å²) in [4.78, 5) is 36.7. The third kappa shape index (κ3) is 2.89. The van der Waals surface area contributed by atoms with Crippen LogP contribution in [0.5, 0.6) is 0 Å². The molecular weight excluding hydrogens is 238 g/mol. The molecule has 0 aliphatic carbocycles. The summed E-state index contributed by atoms with van der Waals surface area (Å²) in [6.07, 6.45) is 1.96. The molecule has 0 aromatic carbocycles. The summed E-state index contributed by atoms with van der Waals surface area (Å²) in [5.74, 6) is -0.955. The Bertz CT molecular complexity index is 352. The molecule has 0 saturated carbocycles. The molecule has 1 rings (SSSR count). The van der Waals surface area contributed by atoms with Gasteiger partial charge in [-0.1, -0.05) is 20.8 Å². The number of carbonyl (C=O) groups excluding carboxylic acids is 3. The van der Waals surface area contributed by atoms with E-state index in [4.69, 9.17) is 0 Å². The SMILES string of the molecule is CCC(C)(C)C(=O)C(=O)N1CCCC1C(=O)S. The lowest BCUT2D eigenvalue weighted by Gasteiger charge is -2.26. The van der Waals surface area contributed by atoms with Gasteiger partial charge in [-0.3, -0.25) is 14.4 Å². The molecule has 0 N–H and O–H groups in total. The second-order valence-electron chi connectivity index (χ2n) is 5.06. The molecule has 0 aromatic heterocycles. The van der Waals surface area contributed by atoms with Crippen LogP contribution < -0.4 is 0 Å². The Morgan fingerprint density at radius 1 is 1.35 bits per heavy atom. The Hall–Kier alpha value is -0.840. The van der Waals surface area contributed by atoms with Crippen LogP contribution in [0.25, 0.3) is 0 Å². The summed E-state index contributed by atoms with van der Waals surface area (Å²) >= 11 is 3.77. The summed E-state index contributed by atoms with van der Waals surface area (Å²) in [6, 6.07) is -0.526. The summed E-state index contributed by atoms with van der Waals surface area (Å²) in [5.41, 5.74) is -0.663. The van der Waals surface area contributed by atoms with Gasteiger partial charge in [-0.2, -0.15) is 0 Å². The zero-order chi connectivity index (χ0) is 13.2. The summed E-state index contributed by atoms with van der Waals surface area (Å²) in [6.45, 7) is 5.85. The molecule has 1 atom stereocenters. The number of hydrogen-bond acceptors (Lipinski definition) is 3. The molecule has 1 amide bonds. The standard InChI is InChI=1S/C12H19NO3S/c1-4-12(2,3)9(14)10(15)13-7-5-6-8(13)11(16)17/h8H,4-7H2,1-3H3,(H,16,17). The molecule has 1 heterocycles. The molecule has 96 valence electrons. The van der Waals surface area contributed by atoms with Crippen LogP contribution >= 0.6 is 12.6 Å². The van der Waals surface area contributed by atoms with Crippen molar-refractivity contribution in [1.82, 2.24) is 4.90 Å². The molecule has 0 spiro atoms. The minimum absolute atomic E-state index is 0.335. The number of amides is 1. The largest absolute Gasteiger partial charge is 0.325 e. The molecule has 1 aliphatic rings. The van der Waals surface area contributed by atoms with E-state index in [1.807, 2.05) is 6.92 Å². The Labute approximate surface area is 107 Å². The van der Waals surface area contributed by atoms with Crippen molar-refractivity contribution in [3.05, 3.63) is 0 Å². The quantitative estimate of drug-likeness (QED) is 0.612. The number of carbonyl (C=O) groups is 3. The molecule has 0 bridgehead atoms. The normalized spacial score (nSPS) is 20.5. The molecule has 1 fully saturated rings. The second kappa shape index (κ2) is 5.21. The summed E-state index contributed by atoms with van der Waals surface area (Å²) in [5, 5.41) is -0.335. The van der Waals surface area contributed by atoms with Crippen molar-refractivity contribution in [1.29, 1.82) is 0 Å². The van der Waals surface area contributed by atoms with Crippen LogP contribution in [0.2, 0.25) is 0 Å². The van der Waals surface area contributed by atoms with E-state index in [2.05, 4.69) is 12.6 Å². The van der Waals surface area contributed by atoms with Crippen molar-refractivity contribution in [3.63, 3.8) is 0 Å². The van der Waals surface area contributed by atoms with Crippen LogP contribution in [0.4, 0.5) is 0 Å². The van der Waals surface area contributed by atoms with E-state index < -0.39 is 23.1 Å². The highest BCUT2D eigenvalue weighted by Crippen LogP contribution is 2.26. The van der Waals surface area contributed by atoms with Crippen LogP contribution in [-0.2, 0) is 14.4 Å². The Kier molecular flexibility index (Phi) is 4.36. The number of likely N-dealkylation sites (tertiary alicyclic amines) is 1. The summed E-state index contributed by atoms with van der Waals surface area (Å²) in [7, 11) is 0. The topological polar surface area (TPSA) is 54.5 Å². The average molecular weight is 257 g/mol. The van der Waals surface area contributed by atoms with Crippen molar-refractivity contribution in [2.24, 2.45) is 5.41 Å². The van der Waals surface area contributed by atoms with Crippen molar-refractivity contribution in [2.75, 3.05) is 6.54 Å². The van der Waals surface area contributed by atoms with E-state index in [-0.39, 0.29) is 5.12 Å². The maximum atomic E-state index is 12.1. The van der Waals surface area contributed by atoms with Gasteiger partial charge in [0.15, 0.2) is 0 Å². The first-order valence-corrected chi connectivity index (χ1v) is 6.34. The van der Waals surface area contributed by atoms with Crippen LogP contribution in [-0.4, -0.2) is 34.3 Å². The maximum absolute atomic E-state index is 12.1. The fraction of sp³-hybridized carbons (Fsp3) is 0.750. The average Bonchev–Trinajstić information content (AvgIpc) is 2.75. The lowest BCUT2D eigenvalue weighted by atomic mass is 9.84. The third-order valence-electron chi connectivity index (χ3n) is 3.49. The zero-order valence-electron chi connectivity index (χ0n) is 10.5. The van der Waals surface area contributed by atoms with Crippen LogP contribution in [0.15, 0.2) is 0 Å². The second-order valence-corrected chi connectivity index (χ2v) is 5.50. The first-order valence-electron chi connectivity index (χ1n) is 5.89. The first-order chi connectivity index (χ1) is 7.81. The molecule has 0 radical (unpaired) electrons. The van der Waals surface area contributed by atoms with Gasteiger partial charge in [0.25, 0.3) is 5.91 Å². The van der Waals surface area contributed by atoms with Gasteiger partial charge in [-0.25, -0.2) is 0 Å². The lowest BCUT2D eigenvalue weighted by molar-refractivity contribution is -0.150. The lowest BCUT2D eigenvalue weighted by Crippen LogP contribution is -2.46. The Morgan fingerprint density at radius 2 is 1.94 bits per heavy atom. The third-order valence-corrected chi connectivity index (χ3v) is 3.79. The predicted octanol–water partition coefficient (Wildman–Crippen LogP) is 1.44. The van der Waals surface area contributed by atoms with Gasteiger partial charge in [0, 0.05) is 12.0 Å². The Balaban J connectivity index is 2.83. The first kappa shape index (κ1) is 14.2. The molecule has 4 nitrogen and oxygen atoms in total. The van der Waals surface area contributed by atoms with Crippen LogP contribution in [0, 0.1) is 5.41 Å². The predicted molar refractivity (Wildman–Crippen MR) is 67.8 cm³/mol. The van der Waals surface area contributed by atoms with Gasteiger partial charge < -0.3 is 4.90 Å².